The summed E-state index contributed by atoms with van der Waals surface area (Å²) in [5, 5.41) is 11.6. The van der Waals surface area contributed by atoms with E-state index >= 15 is 0 Å². The Morgan fingerprint density at radius 1 is 1.20 bits per heavy atom. The zero-order chi connectivity index (χ0) is 14.5. The molecule has 1 aromatic heterocycles. The minimum absolute atomic E-state index is 0.0657. The third-order valence-corrected chi connectivity index (χ3v) is 4.57. The minimum Gasteiger partial charge on any atom is -0.388 e. The smallest absolute Gasteiger partial charge is 0.0828 e. The van der Waals surface area contributed by atoms with Crippen LogP contribution in [0.2, 0.25) is 10.0 Å². The van der Waals surface area contributed by atoms with Crippen LogP contribution < -0.4 is 0 Å². The van der Waals surface area contributed by atoms with Gasteiger partial charge >= 0.3 is 0 Å². The summed E-state index contributed by atoms with van der Waals surface area (Å²) in [5.41, 5.74) is 2.95. The summed E-state index contributed by atoms with van der Waals surface area (Å²) in [6.45, 7) is 4.34. The number of rotatable bonds is 1. The molecule has 1 atom stereocenters. The molecule has 0 saturated carbocycles. The van der Waals surface area contributed by atoms with Gasteiger partial charge in [-0.05, 0) is 36.5 Å². The molecule has 1 heterocycles. The molecule has 20 heavy (non-hydrogen) atoms. The molecule has 0 bridgehead atoms. The normalized spacial score (nSPS) is 20.8. The zero-order valence-corrected chi connectivity index (χ0v) is 13.0. The van der Waals surface area contributed by atoms with Gasteiger partial charge < -0.3 is 9.67 Å². The standard InChI is InChI=1S/C16H17Cl2NO/c1-16(2)8-13-10(14(20)9-16)6-7-19(13)15-11(17)4-3-5-12(15)18/h3-7,14,20H,8-9H2,1-2H3. The molecule has 0 radical (unpaired) electrons. The molecule has 1 aliphatic carbocycles. The van der Waals surface area contributed by atoms with Crippen LogP contribution in [-0.4, -0.2) is 9.67 Å². The molecule has 0 amide bonds. The number of aliphatic hydroxyl groups excluding tert-OH is 1. The first-order valence-corrected chi connectivity index (χ1v) is 7.47. The Hall–Kier alpha value is -0.960. The van der Waals surface area contributed by atoms with E-state index in [1.807, 2.05) is 35.0 Å². The van der Waals surface area contributed by atoms with E-state index in [-0.39, 0.29) is 5.41 Å². The Balaban J connectivity index is 2.19. The van der Waals surface area contributed by atoms with Crippen molar-refractivity contribution in [2.45, 2.75) is 32.8 Å². The first-order chi connectivity index (χ1) is 9.39. The lowest BCUT2D eigenvalue weighted by molar-refractivity contribution is 0.0987. The molecule has 4 heteroatoms. The van der Waals surface area contributed by atoms with Gasteiger partial charge in [0.2, 0.25) is 0 Å². The number of benzene rings is 1. The molecule has 0 fully saturated rings. The molecule has 106 valence electrons. The van der Waals surface area contributed by atoms with Crippen molar-refractivity contribution in [3.8, 4) is 5.69 Å². The molecule has 1 aliphatic rings. The predicted molar refractivity (Wildman–Crippen MR) is 82.9 cm³/mol. The first-order valence-electron chi connectivity index (χ1n) is 6.72. The maximum atomic E-state index is 10.3. The lowest BCUT2D eigenvalue weighted by Gasteiger charge is -2.34. The summed E-state index contributed by atoms with van der Waals surface area (Å²) in [4.78, 5) is 0. The van der Waals surface area contributed by atoms with Crippen molar-refractivity contribution in [1.82, 2.24) is 4.57 Å². The summed E-state index contributed by atoms with van der Waals surface area (Å²) < 4.78 is 2.02. The number of nitrogens with zero attached hydrogens (tertiary/aromatic N) is 1. The van der Waals surface area contributed by atoms with E-state index in [1.165, 1.54) is 0 Å². The van der Waals surface area contributed by atoms with E-state index < -0.39 is 6.10 Å². The van der Waals surface area contributed by atoms with Gasteiger partial charge in [0.05, 0.1) is 21.8 Å². The van der Waals surface area contributed by atoms with Gasteiger partial charge in [0.1, 0.15) is 0 Å². The Morgan fingerprint density at radius 3 is 2.50 bits per heavy atom. The van der Waals surface area contributed by atoms with E-state index in [0.29, 0.717) is 10.0 Å². The second-order valence-corrected chi connectivity index (χ2v) is 7.03. The van der Waals surface area contributed by atoms with Crippen LogP contribution >= 0.6 is 23.2 Å². The Bertz CT molecular complexity index is 640. The third kappa shape index (κ3) is 2.26. The first kappa shape index (κ1) is 14.0. The fraction of sp³-hybridized carbons (Fsp3) is 0.375. The van der Waals surface area contributed by atoms with E-state index in [9.17, 15) is 5.11 Å². The highest BCUT2D eigenvalue weighted by Crippen LogP contribution is 2.43. The van der Waals surface area contributed by atoms with E-state index in [0.717, 1.165) is 29.8 Å². The van der Waals surface area contributed by atoms with Crippen LogP contribution in [0.15, 0.2) is 30.5 Å². The van der Waals surface area contributed by atoms with Gasteiger partial charge in [-0.2, -0.15) is 0 Å². The van der Waals surface area contributed by atoms with Gasteiger partial charge in [-0.1, -0.05) is 43.1 Å². The molecular weight excluding hydrogens is 293 g/mol. The van der Waals surface area contributed by atoms with Gasteiger partial charge in [0.25, 0.3) is 0 Å². The van der Waals surface area contributed by atoms with Crippen LogP contribution in [0.25, 0.3) is 5.69 Å². The highest BCUT2D eigenvalue weighted by atomic mass is 35.5. The lowest BCUT2D eigenvalue weighted by Crippen LogP contribution is -2.26. The highest BCUT2D eigenvalue weighted by molar-refractivity contribution is 6.37. The monoisotopic (exact) mass is 309 g/mol. The number of aromatic nitrogens is 1. The lowest BCUT2D eigenvalue weighted by atomic mass is 9.75. The SMILES string of the molecule is CC1(C)Cc2c(ccn2-c2c(Cl)cccc2Cl)C(O)C1. The Kier molecular flexibility index (Phi) is 3.36. The molecule has 1 unspecified atom stereocenters. The Morgan fingerprint density at radius 2 is 1.85 bits per heavy atom. The molecule has 3 rings (SSSR count). The summed E-state index contributed by atoms with van der Waals surface area (Å²) in [6, 6.07) is 7.47. The number of fused-ring (bicyclic) bond motifs is 1. The van der Waals surface area contributed by atoms with E-state index in [1.54, 1.807) is 0 Å². The van der Waals surface area contributed by atoms with E-state index in [2.05, 4.69) is 13.8 Å². The highest BCUT2D eigenvalue weighted by Gasteiger charge is 2.33. The van der Waals surface area contributed by atoms with Crippen LogP contribution in [0.1, 0.15) is 37.6 Å². The number of hydrogen-bond acceptors (Lipinski definition) is 1. The van der Waals surface area contributed by atoms with Crippen molar-refractivity contribution >= 4 is 23.2 Å². The van der Waals surface area contributed by atoms with Crippen molar-refractivity contribution in [3.63, 3.8) is 0 Å². The zero-order valence-electron chi connectivity index (χ0n) is 11.5. The van der Waals surface area contributed by atoms with Crippen LogP contribution in [0, 0.1) is 5.41 Å². The molecule has 0 saturated heterocycles. The number of halogens is 2. The van der Waals surface area contributed by atoms with Crippen molar-refractivity contribution in [2.75, 3.05) is 0 Å². The van der Waals surface area contributed by atoms with Gasteiger partial charge in [-0.25, -0.2) is 0 Å². The molecule has 1 N–H and O–H groups in total. The Labute approximate surface area is 128 Å². The summed E-state index contributed by atoms with van der Waals surface area (Å²) in [6.07, 6.45) is 3.20. The van der Waals surface area contributed by atoms with E-state index in [4.69, 9.17) is 23.2 Å². The average molecular weight is 310 g/mol. The molecule has 0 spiro atoms. The van der Waals surface area contributed by atoms with Gasteiger partial charge in [-0.3, -0.25) is 0 Å². The number of para-hydroxylation sites is 1. The fourth-order valence-electron chi connectivity index (χ4n) is 3.06. The minimum atomic E-state index is -0.420. The molecule has 1 aromatic carbocycles. The van der Waals surface area contributed by atoms with Gasteiger partial charge in [-0.15, -0.1) is 0 Å². The fourth-order valence-corrected chi connectivity index (χ4v) is 3.64. The van der Waals surface area contributed by atoms with Crippen molar-refractivity contribution in [2.24, 2.45) is 5.41 Å². The number of hydrogen-bond donors (Lipinski definition) is 1. The summed E-state index contributed by atoms with van der Waals surface area (Å²) in [5.74, 6) is 0. The van der Waals surface area contributed by atoms with Gasteiger partial charge in [0.15, 0.2) is 0 Å². The van der Waals surface area contributed by atoms with Crippen molar-refractivity contribution < 1.29 is 5.11 Å². The maximum Gasteiger partial charge on any atom is 0.0828 e. The molecule has 2 nitrogen and oxygen atoms in total. The summed E-state index contributed by atoms with van der Waals surface area (Å²) in [7, 11) is 0. The molecule has 2 aromatic rings. The summed E-state index contributed by atoms with van der Waals surface area (Å²) >= 11 is 12.6. The second kappa shape index (κ2) is 4.80. The van der Waals surface area contributed by atoms with Crippen molar-refractivity contribution in [3.05, 3.63) is 51.8 Å². The number of aliphatic hydroxyl groups is 1. The van der Waals surface area contributed by atoms with Gasteiger partial charge in [0, 0.05) is 17.5 Å². The van der Waals surface area contributed by atoms with Crippen molar-refractivity contribution in [1.29, 1.82) is 0 Å². The topological polar surface area (TPSA) is 25.2 Å². The van der Waals surface area contributed by atoms with Crippen LogP contribution in [0.5, 0.6) is 0 Å². The largest absolute Gasteiger partial charge is 0.388 e. The predicted octanol–water partition coefficient (Wildman–Crippen LogP) is 4.79. The average Bonchev–Trinajstić information content (AvgIpc) is 2.71. The maximum absolute atomic E-state index is 10.3. The van der Waals surface area contributed by atoms with Crippen LogP contribution in [-0.2, 0) is 6.42 Å². The van der Waals surface area contributed by atoms with Crippen LogP contribution in [0.4, 0.5) is 0 Å². The molecular formula is C16H17Cl2NO. The van der Waals surface area contributed by atoms with Crippen LogP contribution in [0.3, 0.4) is 0 Å². The quantitative estimate of drug-likeness (QED) is 0.805. The second-order valence-electron chi connectivity index (χ2n) is 6.22. The third-order valence-electron chi connectivity index (χ3n) is 3.96. The molecule has 0 aliphatic heterocycles.